The summed E-state index contributed by atoms with van der Waals surface area (Å²) >= 11 is 7.19. The van der Waals surface area contributed by atoms with Crippen LogP contribution in [0.5, 0.6) is 0 Å². The average molecular weight is 325 g/mol. The fraction of sp³-hybridized carbons (Fsp3) is 0.333. The van der Waals surface area contributed by atoms with Crippen molar-refractivity contribution in [2.24, 2.45) is 0 Å². The van der Waals surface area contributed by atoms with Crippen molar-refractivity contribution in [1.82, 2.24) is 10.3 Å². The highest BCUT2D eigenvalue weighted by Gasteiger charge is 2.13. The fourth-order valence-electron chi connectivity index (χ4n) is 1.82. The van der Waals surface area contributed by atoms with E-state index in [0.717, 1.165) is 23.4 Å². The Kier molecular flexibility index (Phi) is 5.73. The molecular weight excluding hydrogens is 308 g/mol. The van der Waals surface area contributed by atoms with Crippen LogP contribution in [0.4, 0.5) is 0 Å². The minimum absolute atomic E-state index is 0.154. The van der Waals surface area contributed by atoms with Gasteiger partial charge >= 0.3 is 0 Å². The molecule has 0 spiro atoms. The highest BCUT2D eigenvalue weighted by molar-refractivity contribution is 7.13. The Balaban J connectivity index is 1.89. The van der Waals surface area contributed by atoms with E-state index in [1.807, 2.05) is 0 Å². The van der Waals surface area contributed by atoms with Crippen molar-refractivity contribution in [3.63, 3.8) is 0 Å². The number of carbonyl (C=O) groups is 1. The van der Waals surface area contributed by atoms with E-state index < -0.39 is 6.10 Å². The lowest BCUT2D eigenvalue weighted by atomic mass is 10.1. The third kappa shape index (κ3) is 4.52. The summed E-state index contributed by atoms with van der Waals surface area (Å²) in [5.41, 5.74) is 0.718. The van der Waals surface area contributed by atoms with Crippen LogP contribution in [0.2, 0.25) is 5.02 Å². The summed E-state index contributed by atoms with van der Waals surface area (Å²) in [5.74, 6) is -0.206. The zero-order valence-corrected chi connectivity index (χ0v) is 13.2. The monoisotopic (exact) mass is 324 g/mol. The number of nitrogens with one attached hydrogen (secondary N) is 1. The minimum Gasteiger partial charge on any atom is -0.387 e. The van der Waals surface area contributed by atoms with Gasteiger partial charge in [-0.25, -0.2) is 4.98 Å². The number of aliphatic hydroxyl groups excluding tert-OH is 1. The highest BCUT2D eigenvalue weighted by atomic mass is 35.5. The van der Waals surface area contributed by atoms with Crippen molar-refractivity contribution >= 4 is 28.8 Å². The van der Waals surface area contributed by atoms with Gasteiger partial charge in [0.2, 0.25) is 0 Å². The van der Waals surface area contributed by atoms with Gasteiger partial charge in [0.25, 0.3) is 5.91 Å². The molecule has 0 radical (unpaired) electrons. The summed E-state index contributed by atoms with van der Waals surface area (Å²) in [6.07, 6.45) is 2.71. The van der Waals surface area contributed by atoms with Gasteiger partial charge in [-0.15, -0.1) is 11.3 Å². The first-order valence-corrected chi connectivity index (χ1v) is 7.96. The fourth-order valence-corrected chi connectivity index (χ4v) is 2.89. The van der Waals surface area contributed by atoms with Gasteiger partial charge < -0.3 is 10.4 Å². The molecular formula is C15H17ClN2O2S. The molecule has 4 nitrogen and oxygen atoms in total. The molecule has 1 heterocycles. The number of carbonyl (C=O) groups excluding carboxylic acids is 1. The van der Waals surface area contributed by atoms with Crippen LogP contribution >= 0.6 is 22.9 Å². The lowest BCUT2D eigenvalue weighted by Crippen LogP contribution is -2.27. The summed E-state index contributed by atoms with van der Waals surface area (Å²) in [7, 11) is 0. The molecule has 1 amide bonds. The maximum atomic E-state index is 12.0. The summed E-state index contributed by atoms with van der Waals surface area (Å²) in [4.78, 5) is 16.8. The molecule has 2 aromatic rings. The molecule has 0 saturated carbocycles. The Morgan fingerprint density at radius 2 is 2.14 bits per heavy atom. The topological polar surface area (TPSA) is 62.2 Å². The number of aryl methyl sites for hydroxylation is 1. The lowest BCUT2D eigenvalue weighted by molar-refractivity contribution is 0.0920. The van der Waals surface area contributed by atoms with E-state index >= 15 is 0 Å². The predicted octanol–water partition coefficient (Wildman–Crippen LogP) is 3.21. The van der Waals surface area contributed by atoms with Crippen LogP contribution in [0.1, 0.15) is 39.7 Å². The van der Waals surface area contributed by atoms with Crippen molar-refractivity contribution in [2.45, 2.75) is 25.9 Å². The maximum Gasteiger partial charge on any atom is 0.263 e. The largest absolute Gasteiger partial charge is 0.387 e. The van der Waals surface area contributed by atoms with E-state index in [1.54, 1.807) is 30.5 Å². The van der Waals surface area contributed by atoms with Gasteiger partial charge in [-0.05, 0) is 30.5 Å². The summed E-state index contributed by atoms with van der Waals surface area (Å²) in [6.45, 7) is 2.23. The van der Waals surface area contributed by atoms with Crippen molar-refractivity contribution in [2.75, 3.05) is 6.54 Å². The van der Waals surface area contributed by atoms with Crippen LogP contribution in [0.15, 0.2) is 30.5 Å². The van der Waals surface area contributed by atoms with Crippen LogP contribution in [-0.2, 0) is 6.42 Å². The second-order valence-electron chi connectivity index (χ2n) is 4.65. The highest BCUT2D eigenvalue weighted by Crippen LogP contribution is 2.17. The Morgan fingerprint density at radius 3 is 2.81 bits per heavy atom. The number of halogens is 1. The van der Waals surface area contributed by atoms with Crippen LogP contribution in [0, 0.1) is 0 Å². The third-order valence-electron chi connectivity index (χ3n) is 2.95. The zero-order valence-electron chi connectivity index (χ0n) is 11.7. The molecule has 6 heteroatoms. The van der Waals surface area contributed by atoms with Gasteiger partial charge in [0.15, 0.2) is 0 Å². The van der Waals surface area contributed by atoms with E-state index in [2.05, 4.69) is 17.2 Å². The summed E-state index contributed by atoms with van der Waals surface area (Å²) in [5, 5.41) is 14.3. The molecule has 0 saturated heterocycles. The number of rotatable bonds is 6. The van der Waals surface area contributed by atoms with Gasteiger partial charge in [-0.2, -0.15) is 0 Å². The second-order valence-corrected chi connectivity index (χ2v) is 6.20. The van der Waals surface area contributed by atoms with E-state index in [0.29, 0.717) is 9.90 Å². The minimum atomic E-state index is -0.755. The SMILES string of the molecule is CCCc1ncc(C(=O)NCC(O)c2ccc(Cl)cc2)s1. The van der Waals surface area contributed by atoms with Crippen LogP contribution in [-0.4, -0.2) is 22.5 Å². The molecule has 0 bridgehead atoms. The van der Waals surface area contributed by atoms with Gasteiger partial charge in [0, 0.05) is 11.6 Å². The quantitative estimate of drug-likeness (QED) is 0.857. The number of aromatic nitrogens is 1. The molecule has 0 aliphatic rings. The molecule has 0 fully saturated rings. The van der Waals surface area contributed by atoms with Crippen molar-refractivity contribution < 1.29 is 9.90 Å². The number of hydrogen-bond donors (Lipinski definition) is 2. The Labute approximate surface area is 132 Å². The van der Waals surface area contributed by atoms with Crippen LogP contribution < -0.4 is 5.32 Å². The Bertz CT molecular complexity index is 598. The maximum absolute atomic E-state index is 12.0. The lowest BCUT2D eigenvalue weighted by Gasteiger charge is -2.11. The van der Waals surface area contributed by atoms with Crippen molar-refractivity contribution in [3.8, 4) is 0 Å². The molecule has 0 aliphatic carbocycles. The first-order valence-electron chi connectivity index (χ1n) is 6.76. The van der Waals surface area contributed by atoms with Gasteiger partial charge in [-0.1, -0.05) is 30.7 Å². The third-order valence-corrected chi connectivity index (χ3v) is 4.26. The standard InChI is InChI=1S/C15H17ClN2O2S/c1-2-3-14-17-9-13(21-14)15(20)18-8-12(19)10-4-6-11(16)7-5-10/h4-7,9,12,19H,2-3,8H2,1H3,(H,18,20). The number of aliphatic hydroxyl groups is 1. The normalized spacial score (nSPS) is 12.1. The molecule has 1 atom stereocenters. The number of amides is 1. The zero-order chi connectivity index (χ0) is 15.2. The molecule has 0 aliphatic heterocycles. The Hall–Kier alpha value is -1.43. The number of hydrogen-bond acceptors (Lipinski definition) is 4. The molecule has 21 heavy (non-hydrogen) atoms. The first-order chi connectivity index (χ1) is 10.1. The number of thiazole rings is 1. The summed E-state index contributed by atoms with van der Waals surface area (Å²) in [6, 6.07) is 6.90. The molecule has 2 rings (SSSR count). The second kappa shape index (κ2) is 7.54. The predicted molar refractivity (Wildman–Crippen MR) is 84.9 cm³/mol. The molecule has 2 N–H and O–H groups in total. The molecule has 112 valence electrons. The van der Waals surface area contributed by atoms with E-state index in [1.165, 1.54) is 11.3 Å². The van der Waals surface area contributed by atoms with Crippen molar-refractivity contribution in [3.05, 3.63) is 50.9 Å². The summed E-state index contributed by atoms with van der Waals surface area (Å²) < 4.78 is 0. The average Bonchev–Trinajstić information content (AvgIpc) is 2.94. The smallest absolute Gasteiger partial charge is 0.263 e. The van der Waals surface area contributed by atoms with E-state index in [9.17, 15) is 9.90 Å². The number of benzene rings is 1. The van der Waals surface area contributed by atoms with E-state index in [4.69, 9.17) is 11.6 Å². The van der Waals surface area contributed by atoms with Crippen LogP contribution in [0.3, 0.4) is 0 Å². The molecule has 1 aromatic heterocycles. The Morgan fingerprint density at radius 1 is 1.43 bits per heavy atom. The molecule has 1 unspecified atom stereocenters. The van der Waals surface area contributed by atoms with Crippen LogP contribution in [0.25, 0.3) is 0 Å². The van der Waals surface area contributed by atoms with Gasteiger partial charge in [0.05, 0.1) is 17.3 Å². The van der Waals surface area contributed by atoms with Gasteiger partial charge in [-0.3, -0.25) is 4.79 Å². The first kappa shape index (κ1) is 15.9. The molecule has 1 aromatic carbocycles. The van der Waals surface area contributed by atoms with E-state index in [-0.39, 0.29) is 12.5 Å². The van der Waals surface area contributed by atoms with Gasteiger partial charge in [0.1, 0.15) is 4.88 Å². The number of nitrogens with zero attached hydrogens (tertiary/aromatic N) is 1. The van der Waals surface area contributed by atoms with Crippen molar-refractivity contribution in [1.29, 1.82) is 0 Å².